The zero-order valence-electron chi connectivity index (χ0n) is 12.4. The molecule has 1 aromatic rings. The van der Waals surface area contributed by atoms with Crippen LogP contribution in [0.4, 0.5) is 4.39 Å². The van der Waals surface area contributed by atoms with Gasteiger partial charge in [-0.15, -0.1) is 0 Å². The van der Waals surface area contributed by atoms with Crippen molar-refractivity contribution in [3.8, 4) is 0 Å². The summed E-state index contributed by atoms with van der Waals surface area (Å²) in [6, 6.07) is 6.32. The Morgan fingerprint density at radius 2 is 2.15 bits per heavy atom. The smallest absolute Gasteiger partial charge is 0.234 e. The van der Waals surface area contributed by atoms with Crippen LogP contribution in [0.2, 0.25) is 0 Å². The number of halogens is 1. The first kappa shape index (κ1) is 16.6. The Hall–Kier alpha value is -1.46. The SMILES string of the molecule is CCN(CC(=O)NC(C)C)C(CN)c1cccc(F)c1. The Morgan fingerprint density at radius 3 is 2.65 bits per heavy atom. The maximum atomic E-state index is 13.3. The topological polar surface area (TPSA) is 58.4 Å². The van der Waals surface area contributed by atoms with Gasteiger partial charge in [-0.2, -0.15) is 0 Å². The normalized spacial score (nSPS) is 12.8. The highest BCUT2D eigenvalue weighted by Crippen LogP contribution is 2.20. The van der Waals surface area contributed by atoms with Crippen molar-refractivity contribution in [1.82, 2.24) is 10.2 Å². The molecule has 0 spiro atoms. The van der Waals surface area contributed by atoms with E-state index in [1.165, 1.54) is 12.1 Å². The maximum absolute atomic E-state index is 13.3. The fourth-order valence-corrected chi connectivity index (χ4v) is 2.20. The number of nitrogens with zero attached hydrogens (tertiary/aromatic N) is 1. The summed E-state index contributed by atoms with van der Waals surface area (Å²) in [6.07, 6.45) is 0. The minimum Gasteiger partial charge on any atom is -0.353 e. The highest BCUT2D eigenvalue weighted by Gasteiger charge is 2.20. The van der Waals surface area contributed by atoms with E-state index >= 15 is 0 Å². The Balaban J connectivity index is 2.82. The van der Waals surface area contributed by atoms with Crippen LogP contribution < -0.4 is 11.1 Å². The van der Waals surface area contributed by atoms with Gasteiger partial charge in [0, 0.05) is 18.6 Å². The average molecular weight is 281 g/mol. The molecular formula is C15H24FN3O. The molecule has 0 bridgehead atoms. The molecule has 1 atom stereocenters. The number of nitrogens with one attached hydrogen (secondary N) is 1. The highest BCUT2D eigenvalue weighted by molar-refractivity contribution is 5.78. The second-order valence-electron chi connectivity index (χ2n) is 5.09. The molecule has 0 radical (unpaired) electrons. The fourth-order valence-electron chi connectivity index (χ4n) is 2.20. The van der Waals surface area contributed by atoms with Gasteiger partial charge in [0.1, 0.15) is 5.82 Å². The summed E-state index contributed by atoms with van der Waals surface area (Å²) < 4.78 is 13.3. The van der Waals surface area contributed by atoms with Crippen LogP contribution in [0.3, 0.4) is 0 Å². The Labute approximate surface area is 120 Å². The molecule has 0 aromatic heterocycles. The van der Waals surface area contributed by atoms with Gasteiger partial charge in [-0.1, -0.05) is 19.1 Å². The molecule has 5 heteroatoms. The van der Waals surface area contributed by atoms with Crippen LogP contribution in [-0.4, -0.2) is 36.5 Å². The standard InChI is InChI=1S/C15H24FN3O/c1-4-19(10-15(20)18-11(2)3)14(9-17)12-6-5-7-13(16)8-12/h5-8,11,14H,4,9-10,17H2,1-3H3,(H,18,20). The first-order valence-corrected chi connectivity index (χ1v) is 6.96. The quantitative estimate of drug-likeness (QED) is 0.799. The number of likely N-dealkylation sites (N-methyl/N-ethyl adjacent to an activating group) is 1. The second-order valence-corrected chi connectivity index (χ2v) is 5.09. The molecule has 0 aliphatic rings. The van der Waals surface area contributed by atoms with E-state index in [0.717, 1.165) is 5.56 Å². The fraction of sp³-hybridized carbons (Fsp3) is 0.533. The van der Waals surface area contributed by atoms with Crippen LogP contribution >= 0.6 is 0 Å². The van der Waals surface area contributed by atoms with Crippen LogP contribution in [0, 0.1) is 5.82 Å². The van der Waals surface area contributed by atoms with E-state index in [1.807, 2.05) is 31.7 Å². The lowest BCUT2D eigenvalue weighted by Gasteiger charge is -2.30. The minimum absolute atomic E-state index is 0.0447. The van der Waals surface area contributed by atoms with Crippen LogP contribution in [0.25, 0.3) is 0 Å². The highest BCUT2D eigenvalue weighted by atomic mass is 19.1. The van der Waals surface area contributed by atoms with E-state index in [2.05, 4.69) is 5.32 Å². The molecule has 1 rings (SSSR count). The number of carbonyl (C=O) groups is 1. The van der Waals surface area contributed by atoms with Crippen molar-refractivity contribution in [2.45, 2.75) is 32.9 Å². The maximum Gasteiger partial charge on any atom is 0.234 e. The van der Waals surface area contributed by atoms with E-state index in [4.69, 9.17) is 5.73 Å². The number of hydrogen-bond donors (Lipinski definition) is 2. The summed E-state index contributed by atoms with van der Waals surface area (Å²) in [6.45, 7) is 7.07. The lowest BCUT2D eigenvalue weighted by molar-refractivity contribution is -0.123. The molecule has 112 valence electrons. The molecule has 0 saturated heterocycles. The Morgan fingerprint density at radius 1 is 1.45 bits per heavy atom. The van der Waals surface area contributed by atoms with Crippen LogP contribution in [-0.2, 0) is 4.79 Å². The number of rotatable bonds is 7. The molecule has 0 aliphatic heterocycles. The number of benzene rings is 1. The molecule has 1 unspecified atom stereocenters. The van der Waals surface area contributed by atoms with Crippen LogP contribution in [0.5, 0.6) is 0 Å². The van der Waals surface area contributed by atoms with Crippen molar-refractivity contribution in [3.05, 3.63) is 35.6 Å². The van der Waals surface area contributed by atoms with Gasteiger partial charge in [-0.25, -0.2) is 4.39 Å². The van der Waals surface area contributed by atoms with Gasteiger partial charge in [0.05, 0.1) is 6.54 Å². The minimum atomic E-state index is -0.288. The molecular weight excluding hydrogens is 257 g/mol. The van der Waals surface area contributed by atoms with Crippen molar-refractivity contribution in [1.29, 1.82) is 0 Å². The molecule has 0 saturated carbocycles. The van der Waals surface area contributed by atoms with Crippen molar-refractivity contribution in [3.63, 3.8) is 0 Å². The van der Waals surface area contributed by atoms with Gasteiger partial charge in [0.2, 0.25) is 5.91 Å². The summed E-state index contributed by atoms with van der Waals surface area (Å²) in [5.41, 5.74) is 6.61. The predicted molar refractivity (Wildman–Crippen MR) is 78.7 cm³/mol. The zero-order chi connectivity index (χ0) is 15.1. The number of nitrogens with two attached hydrogens (primary N) is 1. The van der Waals surface area contributed by atoms with Gasteiger partial charge in [-0.05, 0) is 38.1 Å². The summed E-state index contributed by atoms with van der Waals surface area (Å²) in [7, 11) is 0. The van der Waals surface area contributed by atoms with Gasteiger partial charge >= 0.3 is 0 Å². The lowest BCUT2D eigenvalue weighted by Crippen LogP contribution is -2.43. The second kappa shape index (κ2) is 7.97. The first-order chi connectivity index (χ1) is 9.47. The third-order valence-electron chi connectivity index (χ3n) is 3.10. The number of carbonyl (C=O) groups excluding carboxylic acids is 1. The van der Waals surface area contributed by atoms with Crippen LogP contribution in [0.1, 0.15) is 32.4 Å². The zero-order valence-corrected chi connectivity index (χ0v) is 12.4. The van der Waals surface area contributed by atoms with Crippen LogP contribution in [0.15, 0.2) is 24.3 Å². The predicted octanol–water partition coefficient (Wildman–Crippen LogP) is 1.67. The molecule has 1 aromatic carbocycles. The molecule has 0 fully saturated rings. The number of amides is 1. The summed E-state index contributed by atoms with van der Waals surface area (Å²) in [5, 5.41) is 2.85. The molecule has 0 aliphatic carbocycles. The molecule has 20 heavy (non-hydrogen) atoms. The molecule has 3 N–H and O–H groups in total. The van der Waals surface area contributed by atoms with Crippen molar-refractivity contribution >= 4 is 5.91 Å². The van der Waals surface area contributed by atoms with Gasteiger partial charge < -0.3 is 11.1 Å². The molecule has 0 heterocycles. The molecule has 1 amide bonds. The summed E-state index contributed by atoms with van der Waals surface area (Å²) in [5.74, 6) is -0.333. The van der Waals surface area contributed by atoms with E-state index in [-0.39, 0.29) is 30.4 Å². The van der Waals surface area contributed by atoms with Gasteiger partial charge in [0.15, 0.2) is 0 Å². The van der Waals surface area contributed by atoms with E-state index in [0.29, 0.717) is 13.1 Å². The van der Waals surface area contributed by atoms with E-state index in [9.17, 15) is 9.18 Å². The molecule has 4 nitrogen and oxygen atoms in total. The van der Waals surface area contributed by atoms with Crippen molar-refractivity contribution in [2.75, 3.05) is 19.6 Å². The van der Waals surface area contributed by atoms with E-state index in [1.54, 1.807) is 6.07 Å². The monoisotopic (exact) mass is 281 g/mol. The summed E-state index contributed by atoms with van der Waals surface area (Å²) >= 11 is 0. The average Bonchev–Trinajstić information content (AvgIpc) is 2.37. The first-order valence-electron chi connectivity index (χ1n) is 6.96. The Kier molecular flexibility index (Phi) is 6.61. The van der Waals surface area contributed by atoms with Gasteiger partial charge in [-0.3, -0.25) is 9.69 Å². The number of hydrogen-bond acceptors (Lipinski definition) is 3. The largest absolute Gasteiger partial charge is 0.353 e. The summed E-state index contributed by atoms with van der Waals surface area (Å²) in [4.78, 5) is 13.8. The third kappa shape index (κ3) is 4.90. The Bertz CT molecular complexity index is 437. The van der Waals surface area contributed by atoms with Crippen molar-refractivity contribution in [2.24, 2.45) is 5.73 Å². The van der Waals surface area contributed by atoms with E-state index < -0.39 is 0 Å². The third-order valence-corrected chi connectivity index (χ3v) is 3.10. The van der Waals surface area contributed by atoms with Gasteiger partial charge in [0.25, 0.3) is 0 Å². The lowest BCUT2D eigenvalue weighted by atomic mass is 10.0. The van der Waals surface area contributed by atoms with Crippen molar-refractivity contribution < 1.29 is 9.18 Å².